The molecule has 0 saturated carbocycles. The molecular formula is C20H26FN3O2S. The maximum absolute atomic E-state index is 13.2. The molecule has 27 heavy (non-hydrogen) atoms. The van der Waals surface area contributed by atoms with Gasteiger partial charge in [0.2, 0.25) is 0 Å². The minimum atomic E-state index is -3.75. The minimum absolute atomic E-state index is 0.0813. The zero-order chi connectivity index (χ0) is 19.6. The molecule has 3 rings (SSSR count). The Hall–Kier alpha value is -2.12. The van der Waals surface area contributed by atoms with Gasteiger partial charge < -0.3 is 4.90 Å². The van der Waals surface area contributed by atoms with Crippen molar-refractivity contribution in [1.29, 1.82) is 0 Å². The predicted octanol–water partition coefficient (Wildman–Crippen LogP) is 3.47. The van der Waals surface area contributed by atoms with Gasteiger partial charge in [-0.3, -0.25) is 9.62 Å². The van der Waals surface area contributed by atoms with Crippen LogP contribution in [-0.4, -0.2) is 45.5 Å². The zero-order valence-electron chi connectivity index (χ0n) is 15.9. The topological polar surface area (TPSA) is 52.7 Å². The molecular weight excluding hydrogens is 365 g/mol. The summed E-state index contributed by atoms with van der Waals surface area (Å²) in [6, 6.07) is 11.6. The van der Waals surface area contributed by atoms with E-state index in [4.69, 9.17) is 0 Å². The number of hydrogen-bond acceptors (Lipinski definition) is 4. The Morgan fingerprint density at radius 1 is 1.00 bits per heavy atom. The summed E-state index contributed by atoms with van der Waals surface area (Å²) in [6.07, 6.45) is 0. The van der Waals surface area contributed by atoms with Crippen molar-refractivity contribution < 1.29 is 12.8 Å². The van der Waals surface area contributed by atoms with Crippen LogP contribution >= 0.6 is 0 Å². The molecule has 0 aliphatic carbocycles. The molecule has 1 heterocycles. The first-order chi connectivity index (χ1) is 12.8. The van der Waals surface area contributed by atoms with Gasteiger partial charge in [-0.1, -0.05) is 0 Å². The van der Waals surface area contributed by atoms with E-state index < -0.39 is 15.8 Å². The van der Waals surface area contributed by atoms with Crippen molar-refractivity contribution in [2.75, 3.05) is 35.8 Å². The van der Waals surface area contributed by atoms with Crippen LogP contribution in [0.3, 0.4) is 0 Å². The van der Waals surface area contributed by atoms with Crippen LogP contribution in [0.4, 0.5) is 15.8 Å². The van der Waals surface area contributed by atoms with E-state index in [0.717, 1.165) is 37.9 Å². The smallest absolute Gasteiger partial charge is 0.262 e. The summed E-state index contributed by atoms with van der Waals surface area (Å²) in [4.78, 5) is 4.84. The summed E-state index contributed by atoms with van der Waals surface area (Å²) in [7, 11) is -3.75. The van der Waals surface area contributed by atoms with Gasteiger partial charge in [0.05, 0.1) is 4.90 Å². The first-order valence-electron chi connectivity index (χ1n) is 9.14. The number of nitrogens with one attached hydrogen (secondary N) is 1. The standard InChI is InChI=1S/C20H26FN3O2S/c1-15(2)23-10-12-24(13-11-23)19-7-5-18(6-8-19)22-27(25,26)20-9-4-17(21)14-16(20)3/h4-9,14-15,22H,10-13H2,1-3H3. The second kappa shape index (κ2) is 7.86. The third-order valence-electron chi connectivity index (χ3n) is 4.96. The molecule has 1 N–H and O–H groups in total. The first kappa shape index (κ1) is 19.6. The van der Waals surface area contributed by atoms with Crippen LogP contribution in [0.1, 0.15) is 19.4 Å². The number of hydrogen-bond donors (Lipinski definition) is 1. The van der Waals surface area contributed by atoms with Gasteiger partial charge in [0, 0.05) is 43.6 Å². The Kier molecular flexibility index (Phi) is 5.72. The summed E-state index contributed by atoms with van der Waals surface area (Å²) >= 11 is 0. The lowest BCUT2D eigenvalue weighted by atomic mass is 10.2. The van der Waals surface area contributed by atoms with Crippen LogP contribution in [-0.2, 0) is 10.0 Å². The van der Waals surface area contributed by atoms with Crippen molar-refractivity contribution in [2.24, 2.45) is 0 Å². The molecule has 0 atom stereocenters. The molecule has 1 aliphatic heterocycles. The molecule has 146 valence electrons. The maximum atomic E-state index is 13.2. The summed E-state index contributed by atoms with van der Waals surface area (Å²) in [6.45, 7) is 9.96. The fourth-order valence-corrected chi connectivity index (χ4v) is 4.65. The quantitative estimate of drug-likeness (QED) is 0.848. The summed E-state index contributed by atoms with van der Waals surface area (Å²) < 4.78 is 40.9. The number of nitrogens with zero attached hydrogens (tertiary/aromatic N) is 2. The molecule has 2 aromatic carbocycles. The molecule has 1 aliphatic rings. The number of aryl methyl sites for hydroxylation is 1. The lowest BCUT2D eigenvalue weighted by molar-refractivity contribution is 0.209. The number of sulfonamides is 1. The Bertz CT molecular complexity index is 890. The number of halogens is 1. The van der Waals surface area contributed by atoms with Crippen molar-refractivity contribution in [2.45, 2.75) is 31.7 Å². The van der Waals surface area contributed by atoms with Gasteiger partial charge >= 0.3 is 0 Å². The predicted molar refractivity (Wildman–Crippen MR) is 107 cm³/mol. The Morgan fingerprint density at radius 2 is 1.63 bits per heavy atom. The van der Waals surface area contributed by atoms with E-state index in [1.165, 1.54) is 12.1 Å². The van der Waals surface area contributed by atoms with E-state index in [2.05, 4.69) is 28.4 Å². The van der Waals surface area contributed by atoms with Crippen molar-refractivity contribution >= 4 is 21.4 Å². The van der Waals surface area contributed by atoms with Crippen LogP contribution in [0.15, 0.2) is 47.4 Å². The molecule has 0 aromatic heterocycles. The Morgan fingerprint density at radius 3 is 2.19 bits per heavy atom. The van der Waals surface area contributed by atoms with Crippen molar-refractivity contribution in [3.8, 4) is 0 Å². The van der Waals surface area contributed by atoms with Gasteiger partial charge in [-0.2, -0.15) is 0 Å². The van der Waals surface area contributed by atoms with Gasteiger partial charge in [0.15, 0.2) is 0 Å². The van der Waals surface area contributed by atoms with E-state index in [0.29, 0.717) is 17.3 Å². The Labute approximate surface area is 160 Å². The second-order valence-electron chi connectivity index (χ2n) is 7.18. The lowest BCUT2D eigenvalue weighted by Gasteiger charge is -2.38. The zero-order valence-corrected chi connectivity index (χ0v) is 16.8. The molecule has 0 spiro atoms. The highest BCUT2D eigenvalue weighted by atomic mass is 32.2. The van der Waals surface area contributed by atoms with E-state index in [-0.39, 0.29) is 4.90 Å². The number of anilines is 2. The number of rotatable bonds is 5. The van der Waals surface area contributed by atoms with E-state index in [9.17, 15) is 12.8 Å². The average molecular weight is 392 g/mol. The third kappa shape index (κ3) is 4.59. The molecule has 2 aromatic rings. The van der Waals surface area contributed by atoms with Gasteiger partial charge in [-0.15, -0.1) is 0 Å². The van der Waals surface area contributed by atoms with E-state index >= 15 is 0 Å². The molecule has 0 bridgehead atoms. The molecule has 1 fully saturated rings. The van der Waals surface area contributed by atoms with Crippen molar-refractivity contribution in [3.05, 3.63) is 53.8 Å². The van der Waals surface area contributed by atoms with Gasteiger partial charge in [-0.25, -0.2) is 12.8 Å². The largest absolute Gasteiger partial charge is 0.369 e. The molecule has 0 amide bonds. The number of benzene rings is 2. The van der Waals surface area contributed by atoms with Crippen LogP contribution in [0.25, 0.3) is 0 Å². The third-order valence-corrected chi connectivity index (χ3v) is 6.50. The molecule has 0 unspecified atom stereocenters. The highest BCUT2D eigenvalue weighted by Gasteiger charge is 2.20. The monoisotopic (exact) mass is 391 g/mol. The summed E-state index contributed by atoms with van der Waals surface area (Å²) in [5.41, 5.74) is 1.95. The summed E-state index contributed by atoms with van der Waals surface area (Å²) in [5.74, 6) is -0.451. The fourth-order valence-electron chi connectivity index (χ4n) is 3.36. The SMILES string of the molecule is Cc1cc(F)ccc1S(=O)(=O)Nc1ccc(N2CCN(C(C)C)CC2)cc1. The Balaban J connectivity index is 1.69. The minimum Gasteiger partial charge on any atom is -0.369 e. The van der Waals surface area contributed by atoms with Crippen molar-refractivity contribution in [1.82, 2.24) is 4.90 Å². The molecule has 7 heteroatoms. The molecule has 5 nitrogen and oxygen atoms in total. The van der Waals surface area contributed by atoms with Crippen molar-refractivity contribution in [3.63, 3.8) is 0 Å². The molecule has 0 radical (unpaired) electrons. The first-order valence-corrected chi connectivity index (χ1v) is 10.6. The normalized spacial score (nSPS) is 16.0. The second-order valence-corrected chi connectivity index (χ2v) is 8.83. The van der Waals surface area contributed by atoms with E-state index in [1.807, 2.05) is 12.1 Å². The highest BCUT2D eigenvalue weighted by Crippen LogP contribution is 2.23. The van der Waals surface area contributed by atoms with Gasteiger partial charge in [0.25, 0.3) is 10.0 Å². The molecule has 1 saturated heterocycles. The van der Waals surface area contributed by atoms with Crippen LogP contribution in [0.5, 0.6) is 0 Å². The average Bonchev–Trinajstić information content (AvgIpc) is 2.62. The highest BCUT2D eigenvalue weighted by molar-refractivity contribution is 7.92. The van der Waals surface area contributed by atoms with Crippen LogP contribution < -0.4 is 9.62 Å². The fraction of sp³-hybridized carbons (Fsp3) is 0.400. The van der Waals surface area contributed by atoms with Gasteiger partial charge in [0.1, 0.15) is 5.82 Å². The van der Waals surface area contributed by atoms with Crippen LogP contribution in [0.2, 0.25) is 0 Å². The van der Waals surface area contributed by atoms with Crippen LogP contribution in [0, 0.1) is 12.7 Å². The summed E-state index contributed by atoms with van der Waals surface area (Å²) in [5, 5.41) is 0. The number of piperazine rings is 1. The lowest BCUT2D eigenvalue weighted by Crippen LogP contribution is -2.48. The maximum Gasteiger partial charge on any atom is 0.262 e. The van der Waals surface area contributed by atoms with Gasteiger partial charge in [-0.05, 0) is 68.8 Å². The van der Waals surface area contributed by atoms with E-state index in [1.54, 1.807) is 19.1 Å².